The highest BCUT2D eigenvalue weighted by molar-refractivity contribution is 8.14. The molecule has 0 spiro atoms. The molecule has 8 rings (SSSR count). The average Bonchev–Trinajstić information content (AvgIpc) is 3.72. The highest BCUT2D eigenvalue weighted by Gasteiger charge is 2.30. The minimum atomic E-state index is 0.0100. The van der Waals surface area contributed by atoms with E-state index in [0.29, 0.717) is 0 Å². The van der Waals surface area contributed by atoms with Crippen molar-refractivity contribution in [3.05, 3.63) is 167 Å². The number of aryl methyl sites for hydroxylation is 2. The normalized spacial score (nSPS) is 14.8. The minimum Gasteiger partial charge on any atom is -0.457 e. The Morgan fingerprint density at radius 3 is 2.16 bits per heavy atom. The topological polar surface area (TPSA) is 39.4 Å². The molecule has 2 aromatic heterocycles. The number of aliphatic imine (C=N–C) groups is 1. The smallest absolute Gasteiger partial charge is 0.137 e. The van der Waals surface area contributed by atoms with Crippen LogP contribution in [-0.4, -0.2) is 26.4 Å². The summed E-state index contributed by atoms with van der Waals surface area (Å²) in [6.45, 7) is 11.0. The number of thioether (sulfide) groups is 1. The van der Waals surface area contributed by atoms with Crippen molar-refractivity contribution in [2.45, 2.75) is 52.0 Å². The van der Waals surface area contributed by atoms with Gasteiger partial charge < -0.3 is 4.74 Å². The van der Waals surface area contributed by atoms with Crippen molar-refractivity contribution in [3.63, 3.8) is 0 Å². The van der Waals surface area contributed by atoms with E-state index in [1.807, 2.05) is 18.0 Å². The zero-order chi connectivity index (χ0) is 34.4. The average molecular weight is 672 g/mol. The third-order valence-electron chi connectivity index (χ3n) is 9.64. The monoisotopic (exact) mass is 671 g/mol. The molecule has 0 unspecified atom stereocenters. The first-order chi connectivity index (χ1) is 24.2. The minimum absolute atomic E-state index is 0.0100. The summed E-state index contributed by atoms with van der Waals surface area (Å²) in [5.41, 5.74) is 9.53. The summed E-state index contributed by atoms with van der Waals surface area (Å²) >= 11 is 1.84. The fraction of sp³-hybridized carbons (Fsp3) is 0.200. The zero-order valence-corrected chi connectivity index (χ0v) is 30.0. The number of ether oxygens (including phenoxy) is 1. The van der Waals surface area contributed by atoms with Crippen LogP contribution in [0.1, 0.15) is 60.1 Å². The predicted octanol–water partition coefficient (Wildman–Crippen LogP) is 11.6. The SMILES string of the molecule is Cc1cc(Oc2ccc3c4cc(C)ccc4n(-c4cc(C(C)(C)C)ccn4)c3c2)cc(C2=N[C@H](C(c3ccccc3)c3ccccc3)CS2)c1. The van der Waals surface area contributed by atoms with Crippen LogP contribution in [0.25, 0.3) is 27.6 Å². The van der Waals surface area contributed by atoms with Crippen LogP contribution < -0.4 is 4.74 Å². The number of hydrogen-bond acceptors (Lipinski definition) is 4. The van der Waals surface area contributed by atoms with Gasteiger partial charge in [-0.3, -0.25) is 9.56 Å². The van der Waals surface area contributed by atoms with Crippen molar-refractivity contribution >= 4 is 38.6 Å². The van der Waals surface area contributed by atoms with Gasteiger partial charge in [0.2, 0.25) is 0 Å². The first kappa shape index (κ1) is 32.1. The molecule has 0 radical (unpaired) electrons. The number of nitrogens with zero attached hydrogens (tertiary/aromatic N) is 3. The van der Waals surface area contributed by atoms with E-state index in [4.69, 9.17) is 14.7 Å². The number of rotatable bonds is 7. The third-order valence-corrected chi connectivity index (χ3v) is 10.8. The van der Waals surface area contributed by atoms with Crippen LogP contribution in [0.2, 0.25) is 0 Å². The Kier molecular flexibility index (Phi) is 8.32. The highest BCUT2D eigenvalue weighted by Crippen LogP contribution is 2.39. The molecule has 0 saturated carbocycles. The Morgan fingerprint density at radius 1 is 0.700 bits per heavy atom. The predicted molar refractivity (Wildman–Crippen MR) is 211 cm³/mol. The van der Waals surface area contributed by atoms with Crippen molar-refractivity contribution in [2.24, 2.45) is 4.99 Å². The van der Waals surface area contributed by atoms with Crippen LogP contribution >= 0.6 is 11.8 Å². The molecule has 3 heterocycles. The summed E-state index contributed by atoms with van der Waals surface area (Å²) in [7, 11) is 0. The Morgan fingerprint density at radius 2 is 1.44 bits per heavy atom. The summed E-state index contributed by atoms with van der Waals surface area (Å²) in [4.78, 5) is 10.2. The molecule has 7 aromatic rings. The molecule has 248 valence electrons. The van der Waals surface area contributed by atoms with E-state index in [0.717, 1.165) is 50.3 Å². The largest absolute Gasteiger partial charge is 0.457 e. The van der Waals surface area contributed by atoms with Crippen molar-refractivity contribution < 1.29 is 4.74 Å². The first-order valence-corrected chi connectivity index (χ1v) is 18.3. The van der Waals surface area contributed by atoms with Gasteiger partial charge in [-0.15, -0.1) is 11.8 Å². The van der Waals surface area contributed by atoms with Gasteiger partial charge in [0.05, 0.1) is 22.1 Å². The number of fused-ring (bicyclic) bond motifs is 3. The van der Waals surface area contributed by atoms with Gasteiger partial charge in [0.15, 0.2) is 0 Å². The lowest BCUT2D eigenvalue weighted by molar-refractivity contribution is 0.483. The van der Waals surface area contributed by atoms with Gasteiger partial charge in [-0.1, -0.05) is 93.1 Å². The Labute approximate surface area is 298 Å². The molecule has 1 aliphatic heterocycles. The van der Waals surface area contributed by atoms with E-state index in [1.165, 1.54) is 33.0 Å². The highest BCUT2D eigenvalue weighted by atomic mass is 32.2. The van der Waals surface area contributed by atoms with Crippen LogP contribution in [0.15, 0.2) is 139 Å². The molecule has 1 atom stereocenters. The Balaban J connectivity index is 1.15. The van der Waals surface area contributed by atoms with Crippen LogP contribution in [-0.2, 0) is 5.41 Å². The summed E-state index contributed by atoms with van der Waals surface area (Å²) in [5, 5.41) is 3.46. The number of hydrogen-bond donors (Lipinski definition) is 0. The molecule has 0 fully saturated rings. The van der Waals surface area contributed by atoms with Crippen molar-refractivity contribution in [2.75, 3.05) is 5.75 Å². The number of pyridine rings is 1. The lowest BCUT2D eigenvalue weighted by Gasteiger charge is -2.22. The van der Waals surface area contributed by atoms with Gasteiger partial charge in [-0.25, -0.2) is 4.98 Å². The van der Waals surface area contributed by atoms with E-state index in [9.17, 15) is 0 Å². The molecule has 50 heavy (non-hydrogen) atoms. The van der Waals surface area contributed by atoms with E-state index in [1.54, 1.807) is 0 Å². The van der Waals surface area contributed by atoms with Crippen LogP contribution in [0.5, 0.6) is 11.5 Å². The maximum atomic E-state index is 6.67. The molecule has 5 heteroatoms. The van der Waals surface area contributed by atoms with Gasteiger partial charge in [-0.05, 0) is 96.1 Å². The van der Waals surface area contributed by atoms with E-state index < -0.39 is 0 Å². The second-order valence-electron chi connectivity index (χ2n) is 14.4. The van der Waals surface area contributed by atoms with E-state index >= 15 is 0 Å². The van der Waals surface area contributed by atoms with E-state index in [-0.39, 0.29) is 17.4 Å². The molecule has 0 amide bonds. The standard InChI is InChI=1S/C45H41N3OS/c1-29-16-19-40-38(24-29)37-18-17-35(27-41(37)48(40)42-26-34(20-21-46-42)45(3,4)5)49-36-23-30(2)22-33(25-36)44-47-39(28-50-44)43(31-12-8-6-9-13-31)32-14-10-7-11-15-32/h6-27,39,43H,28H2,1-5H3/t39-/m0/s1. The molecule has 1 aliphatic rings. The van der Waals surface area contributed by atoms with Gasteiger partial charge in [0.25, 0.3) is 0 Å². The van der Waals surface area contributed by atoms with Crippen LogP contribution in [0.3, 0.4) is 0 Å². The van der Waals surface area contributed by atoms with Gasteiger partial charge in [0, 0.05) is 40.3 Å². The fourth-order valence-corrected chi connectivity index (χ4v) is 8.26. The first-order valence-electron chi connectivity index (χ1n) is 17.3. The molecular formula is C45H41N3OS. The van der Waals surface area contributed by atoms with Gasteiger partial charge in [-0.2, -0.15) is 0 Å². The van der Waals surface area contributed by atoms with Crippen LogP contribution in [0, 0.1) is 13.8 Å². The van der Waals surface area contributed by atoms with Crippen LogP contribution in [0.4, 0.5) is 0 Å². The Bertz CT molecular complexity index is 2330. The molecule has 0 N–H and O–H groups in total. The lowest BCUT2D eigenvalue weighted by atomic mass is 9.86. The summed E-state index contributed by atoms with van der Waals surface area (Å²) in [6.07, 6.45) is 1.92. The van der Waals surface area contributed by atoms with Crippen molar-refractivity contribution in [3.8, 4) is 17.3 Å². The Hall–Kier alpha value is -5.13. The van der Waals surface area contributed by atoms with Crippen molar-refractivity contribution in [1.29, 1.82) is 0 Å². The summed E-state index contributed by atoms with van der Waals surface area (Å²) < 4.78 is 8.94. The second kappa shape index (κ2) is 13.0. The second-order valence-corrected chi connectivity index (χ2v) is 15.4. The molecule has 5 aromatic carbocycles. The van der Waals surface area contributed by atoms with Gasteiger partial charge >= 0.3 is 0 Å². The molecule has 0 bridgehead atoms. The van der Waals surface area contributed by atoms with Crippen molar-refractivity contribution in [1.82, 2.24) is 9.55 Å². The molecular weight excluding hydrogens is 631 g/mol. The zero-order valence-electron chi connectivity index (χ0n) is 29.2. The van der Waals surface area contributed by atoms with Gasteiger partial charge in [0.1, 0.15) is 17.3 Å². The number of benzene rings is 5. The summed E-state index contributed by atoms with van der Waals surface area (Å²) in [6, 6.07) is 45.6. The third kappa shape index (κ3) is 6.23. The molecule has 4 nitrogen and oxygen atoms in total. The lowest BCUT2D eigenvalue weighted by Crippen LogP contribution is -2.18. The molecule has 0 saturated heterocycles. The quantitative estimate of drug-likeness (QED) is 0.169. The van der Waals surface area contributed by atoms with E-state index in [2.05, 4.69) is 167 Å². The molecule has 0 aliphatic carbocycles. The fourth-order valence-electron chi connectivity index (χ4n) is 7.17. The maximum absolute atomic E-state index is 6.67. The summed E-state index contributed by atoms with van der Waals surface area (Å²) in [5.74, 6) is 3.63. The number of aromatic nitrogens is 2. The maximum Gasteiger partial charge on any atom is 0.137 e.